The van der Waals surface area contributed by atoms with Gasteiger partial charge in [-0.2, -0.15) is 0 Å². The van der Waals surface area contributed by atoms with Crippen molar-refractivity contribution in [2.24, 2.45) is 4.99 Å². The number of hydrogen-bond donors (Lipinski definition) is 1. The second kappa shape index (κ2) is 12.2. The molecule has 0 aliphatic carbocycles. The van der Waals surface area contributed by atoms with Gasteiger partial charge >= 0.3 is 11.9 Å². The lowest BCUT2D eigenvalue weighted by atomic mass is 10.1. The fourth-order valence-corrected chi connectivity index (χ4v) is 4.21. The normalized spacial score (nSPS) is 15.4. The van der Waals surface area contributed by atoms with Crippen LogP contribution in [0, 0.1) is 0 Å². The molecule has 0 saturated carbocycles. The SMILES string of the molecule is CCOC(=O)COc1ccccc1/C=C1\SC(=NC(=O)c2ccccc2Cl)C(C(=O)OCC)=C1O. The van der Waals surface area contributed by atoms with Gasteiger partial charge in [-0.05, 0) is 38.1 Å². The van der Waals surface area contributed by atoms with Crippen LogP contribution in [-0.4, -0.2) is 47.8 Å². The number of carbonyl (C=O) groups excluding carboxylic acids is 3. The Balaban J connectivity index is 1.97. The number of aliphatic hydroxyl groups excluding tert-OH is 1. The molecule has 0 bridgehead atoms. The first-order chi connectivity index (χ1) is 16.8. The summed E-state index contributed by atoms with van der Waals surface area (Å²) in [5, 5.41) is 11.0. The van der Waals surface area contributed by atoms with Gasteiger partial charge in [-0.15, -0.1) is 0 Å². The van der Waals surface area contributed by atoms with Crippen molar-refractivity contribution in [3.63, 3.8) is 0 Å². The summed E-state index contributed by atoms with van der Waals surface area (Å²) >= 11 is 7.02. The molecule has 182 valence electrons. The third-order valence-electron chi connectivity index (χ3n) is 4.53. The summed E-state index contributed by atoms with van der Waals surface area (Å²) < 4.78 is 15.5. The van der Waals surface area contributed by atoms with Gasteiger partial charge in [0.25, 0.3) is 5.91 Å². The molecular weight excluding hydrogens is 494 g/mol. The van der Waals surface area contributed by atoms with Gasteiger partial charge in [0.1, 0.15) is 22.1 Å². The predicted octanol–water partition coefficient (Wildman–Crippen LogP) is 4.98. The Kier molecular flexibility index (Phi) is 9.11. The van der Waals surface area contributed by atoms with Crippen LogP contribution in [0.3, 0.4) is 0 Å². The number of ether oxygens (including phenoxy) is 3. The van der Waals surface area contributed by atoms with Crippen molar-refractivity contribution in [1.82, 2.24) is 0 Å². The van der Waals surface area contributed by atoms with Crippen LogP contribution in [0.25, 0.3) is 6.08 Å². The predicted molar refractivity (Wildman–Crippen MR) is 134 cm³/mol. The highest BCUT2D eigenvalue weighted by Crippen LogP contribution is 2.40. The Morgan fingerprint density at radius 2 is 1.71 bits per heavy atom. The van der Waals surface area contributed by atoms with Gasteiger partial charge in [0.2, 0.25) is 0 Å². The largest absolute Gasteiger partial charge is 0.506 e. The zero-order valence-electron chi connectivity index (χ0n) is 18.9. The van der Waals surface area contributed by atoms with Crippen molar-refractivity contribution in [2.45, 2.75) is 13.8 Å². The molecule has 10 heteroatoms. The summed E-state index contributed by atoms with van der Waals surface area (Å²) in [6, 6.07) is 13.2. The number of halogens is 1. The Morgan fingerprint density at radius 3 is 2.43 bits per heavy atom. The van der Waals surface area contributed by atoms with E-state index >= 15 is 0 Å². The monoisotopic (exact) mass is 515 g/mol. The zero-order chi connectivity index (χ0) is 25.4. The molecule has 0 radical (unpaired) electrons. The molecule has 0 spiro atoms. The highest BCUT2D eigenvalue weighted by Gasteiger charge is 2.34. The van der Waals surface area contributed by atoms with Crippen molar-refractivity contribution < 1.29 is 33.7 Å². The molecule has 0 saturated heterocycles. The Morgan fingerprint density at radius 1 is 1.03 bits per heavy atom. The van der Waals surface area contributed by atoms with Gasteiger partial charge in [0, 0.05) is 5.56 Å². The first-order valence-corrected chi connectivity index (χ1v) is 11.8. The minimum atomic E-state index is -0.821. The molecule has 2 aromatic carbocycles. The summed E-state index contributed by atoms with van der Waals surface area (Å²) in [6.07, 6.45) is 1.56. The molecule has 1 heterocycles. The standard InChI is InChI=1S/C25H22ClNO7S/c1-3-32-20(28)14-34-18-12-8-5-9-15(18)13-19-22(29)21(25(31)33-4-2)24(35-19)27-23(30)16-10-6-7-11-17(16)26/h5-13,29H,3-4,14H2,1-2H3/b19-13-,27-24?. The van der Waals surface area contributed by atoms with E-state index in [1.807, 2.05) is 0 Å². The second-order valence-electron chi connectivity index (χ2n) is 6.89. The Hall–Kier alpha value is -3.56. The molecular formula is C25H22ClNO7S. The number of hydrogen-bond acceptors (Lipinski definition) is 8. The van der Waals surface area contributed by atoms with E-state index in [2.05, 4.69) is 4.99 Å². The van der Waals surface area contributed by atoms with E-state index in [0.717, 1.165) is 11.8 Å². The molecule has 0 fully saturated rings. The van der Waals surface area contributed by atoms with E-state index in [4.69, 9.17) is 25.8 Å². The molecule has 1 aliphatic heterocycles. The zero-order valence-corrected chi connectivity index (χ0v) is 20.5. The van der Waals surface area contributed by atoms with Crippen LogP contribution in [0.5, 0.6) is 5.75 Å². The summed E-state index contributed by atoms with van der Waals surface area (Å²) in [5.74, 6) is -2.05. The van der Waals surface area contributed by atoms with Crippen LogP contribution in [0.1, 0.15) is 29.8 Å². The minimum absolute atomic E-state index is 0.0259. The van der Waals surface area contributed by atoms with Gasteiger partial charge in [-0.3, -0.25) is 4.79 Å². The maximum atomic E-state index is 12.8. The maximum Gasteiger partial charge on any atom is 0.344 e. The van der Waals surface area contributed by atoms with Crippen LogP contribution >= 0.6 is 23.4 Å². The Bertz CT molecular complexity index is 1240. The number of esters is 2. The third kappa shape index (κ3) is 6.52. The van der Waals surface area contributed by atoms with Crippen molar-refractivity contribution >= 4 is 52.3 Å². The van der Waals surface area contributed by atoms with Crippen LogP contribution in [0.2, 0.25) is 5.02 Å². The van der Waals surface area contributed by atoms with E-state index < -0.39 is 17.8 Å². The van der Waals surface area contributed by atoms with Gasteiger partial charge in [0.05, 0.1) is 28.7 Å². The molecule has 8 nitrogen and oxygen atoms in total. The van der Waals surface area contributed by atoms with Crippen molar-refractivity contribution in [2.75, 3.05) is 19.8 Å². The smallest absolute Gasteiger partial charge is 0.344 e. The number of benzene rings is 2. The fraction of sp³-hybridized carbons (Fsp3) is 0.200. The van der Waals surface area contributed by atoms with Gasteiger partial charge in [-0.25, -0.2) is 14.6 Å². The van der Waals surface area contributed by atoms with E-state index in [-0.39, 0.29) is 51.7 Å². The Labute approximate surface area is 211 Å². The van der Waals surface area contributed by atoms with Crippen LogP contribution < -0.4 is 4.74 Å². The number of aliphatic imine (C=N–C) groups is 1. The lowest BCUT2D eigenvalue weighted by molar-refractivity contribution is -0.145. The van der Waals surface area contributed by atoms with E-state index in [1.165, 1.54) is 6.07 Å². The summed E-state index contributed by atoms with van der Waals surface area (Å²) in [7, 11) is 0. The summed E-state index contributed by atoms with van der Waals surface area (Å²) in [6.45, 7) is 3.32. The van der Waals surface area contributed by atoms with E-state index in [9.17, 15) is 19.5 Å². The molecule has 1 aliphatic rings. The average molecular weight is 516 g/mol. The number of aliphatic hydroxyl groups is 1. The second-order valence-corrected chi connectivity index (χ2v) is 8.33. The van der Waals surface area contributed by atoms with Gasteiger partial charge in [-0.1, -0.05) is 53.7 Å². The molecule has 0 unspecified atom stereocenters. The highest BCUT2D eigenvalue weighted by molar-refractivity contribution is 8.18. The van der Waals surface area contributed by atoms with Crippen molar-refractivity contribution in [3.05, 3.63) is 80.9 Å². The number of carbonyl (C=O) groups is 3. The molecule has 0 aromatic heterocycles. The van der Waals surface area contributed by atoms with E-state index in [1.54, 1.807) is 62.4 Å². The van der Waals surface area contributed by atoms with Crippen LogP contribution in [0.4, 0.5) is 0 Å². The number of thioether (sulfide) groups is 1. The van der Waals surface area contributed by atoms with Crippen LogP contribution in [0.15, 0.2) is 69.8 Å². The quantitative estimate of drug-likeness (QED) is 0.490. The molecule has 3 rings (SSSR count). The van der Waals surface area contributed by atoms with Gasteiger partial charge < -0.3 is 19.3 Å². The maximum absolute atomic E-state index is 12.8. The topological polar surface area (TPSA) is 111 Å². The third-order valence-corrected chi connectivity index (χ3v) is 5.88. The first-order valence-electron chi connectivity index (χ1n) is 10.6. The average Bonchev–Trinajstić information content (AvgIpc) is 3.13. The fourth-order valence-electron chi connectivity index (χ4n) is 2.99. The lowest BCUT2D eigenvalue weighted by Gasteiger charge is -2.09. The molecule has 0 atom stereocenters. The number of para-hydroxylation sites is 1. The summed E-state index contributed by atoms with van der Waals surface area (Å²) in [5.41, 5.74) is 0.446. The highest BCUT2D eigenvalue weighted by atomic mass is 35.5. The number of nitrogens with zero attached hydrogens (tertiary/aromatic N) is 1. The molecule has 35 heavy (non-hydrogen) atoms. The van der Waals surface area contributed by atoms with E-state index in [0.29, 0.717) is 11.3 Å². The molecule has 1 amide bonds. The summed E-state index contributed by atoms with van der Waals surface area (Å²) in [4.78, 5) is 41.3. The van der Waals surface area contributed by atoms with Crippen LogP contribution in [-0.2, 0) is 19.1 Å². The van der Waals surface area contributed by atoms with Gasteiger partial charge in [0.15, 0.2) is 6.61 Å². The molecule has 2 aromatic rings. The molecule has 1 N–H and O–H groups in total. The first kappa shape index (κ1) is 26.1. The lowest BCUT2D eigenvalue weighted by Crippen LogP contribution is -2.14. The van der Waals surface area contributed by atoms with Crippen molar-refractivity contribution in [3.8, 4) is 5.75 Å². The number of rotatable bonds is 8. The minimum Gasteiger partial charge on any atom is -0.506 e. The van der Waals surface area contributed by atoms with Crippen molar-refractivity contribution in [1.29, 1.82) is 0 Å². The number of amides is 1.